The molecule has 1 N–H and O–H groups in total. The molecule has 4 aromatic rings. The molecule has 4 heteroatoms. The van der Waals surface area contributed by atoms with Gasteiger partial charge in [-0.15, -0.1) is 35.0 Å². The molecule has 1 heterocycles. The van der Waals surface area contributed by atoms with Crippen molar-refractivity contribution < 1.29 is 30.0 Å². The van der Waals surface area contributed by atoms with Crippen LogP contribution >= 0.6 is 0 Å². The zero-order chi connectivity index (χ0) is 19.0. The number of carbonyl (C=O) groups excluding carboxylic acids is 1. The summed E-state index contributed by atoms with van der Waals surface area (Å²) >= 11 is 0. The molecule has 28 heavy (non-hydrogen) atoms. The molecule has 1 aromatic heterocycles. The standard InChI is InChI=1S/C19H10N.C5H8O2.Ir/c1-2-6-14-12(4-1)8-11-16-15-10-9-13-5-3-7-17(18(13)15)20-19(14)16;1-4(6)3-5(2)7;/h1-5,7-11H;3,6H,1-2H3;/q-1;;. The second-order valence-corrected chi connectivity index (χ2v) is 6.59. The zero-order valence-corrected chi connectivity index (χ0v) is 17.9. The van der Waals surface area contributed by atoms with Crippen LogP contribution in [-0.2, 0) is 24.9 Å². The molecule has 1 radical (unpaired) electrons. The number of aliphatic hydroxyl groups excluding tert-OH is 1. The van der Waals surface area contributed by atoms with Gasteiger partial charge in [-0.1, -0.05) is 36.4 Å². The van der Waals surface area contributed by atoms with Gasteiger partial charge in [0.2, 0.25) is 0 Å². The van der Waals surface area contributed by atoms with Crippen LogP contribution in [0, 0.1) is 6.07 Å². The van der Waals surface area contributed by atoms with Gasteiger partial charge in [0.1, 0.15) is 0 Å². The van der Waals surface area contributed by atoms with E-state index in [2.05, 4.69) is 54.6 Å². The number of benzene rings is 3. The van der Waals surface area contributed by atoms with Crippen LogP contribution in [-0.4, -0.2) is 15.9 Å². The minimum atomic E-state index is -0.125. The number of allylic oxidation sites excluding steroid dienone is 2. The summed E-state index contributed by atoms with van der Waals surface area (Å²) in [5.74, 6) is -0.0625. The van der Waals surface area contributed by atoms with Crippen molar-refractivity contribution >= 4 is 50.5 Å². The van der Waals surface area contributed by atoms with Crippen LogP contribution in [0.2, 0.25) is 0 Å². The summed E-state index contributed by atoms with van der Waals surface area (Å²) in [6.07, 6.45) is 5.55. The number of hydrogen-bond acceptors (Lipinski definition) is 3. The molecule has 3 nitrogen and oxygen atoms in total. The first-order chi connectivity index (χ1) is 13.0. The molecular formula is C24H18IrNO2-. The van der Waals surface area contributed by atoms with Gasteiger partial charge in [-0.25, -0.2) is 0 Å². The van der Waals surface area contributed by atoms with E-state index in [4.69, 9.17) is 10.1 Å². The molecular weight excluding hydrogens is 526 g/mol. The topological polar surface area (TPSA) is 50.2 Å². The third-order valence-electron chi connectivity index (χ3n) is 4.52. The molecule has 0 aliphatic heterocycles. The van der Waals surface area contributed by atoms with Gasteiger partial charge in [-0.3, -0.25) is 9.78 Å². The number of hydrogen-bond donors (Lipinski definition) is 1. The number of pyridine rings is 1. The van der Waals surface area contributed by atoms with Crippen molar-refractivity contribution in [2.75, 3.05) is 0 Å². The van der Waals surface area contributed by atoms with Gasteiger partial charge < -0.3 is 5.11 Å². The van der Waals surface area contributed by atoms with E-state index < -0.39 is 0 Å². The Kier molecular flexibility index (Phi) is 5.73. The maximum Gasteiger partial charge on any atom is 0.155 e. The monoisotopic (exact) mass is 545 g/mol. The van der Waals surface area contributed by atoms with Crippen molar-refractivity contribution in [3.05, 3.63) is 77.6 Å². The third kappa shape index (κ3) is 3.62. The second kappa shape index (κ2) is 8.05. The van der Waals surface area contributed by atoms with Crippen LogP contribution in [0.1, 0.15) is 25.0 Å². The number of aliphatic hydroxyl groups is 1. The average molecular weight is 545 g/mol. The first-order valence-corrected chi connectivity index (χ1v) is 8.76. The molecule has 0 saturated carbocycles. The predicted molar refractivity (Wildman–Crippen MR) is 112 cm³/mol. The summed E-state index contributed by atoms with van der Waals surface area (Å²) in [6, 6.07) is 20.1. The van der Waals surface area contributed by atoms with Crippen LogP contribution in [0.25, 0.3) is 44.7 Å². The summed E-state index contributed by atoms with van der Waals surface area (Å²) in [5.41, 5.74) is 4.68. The molecule has 0 spiro atoms. The molecule has 0 amide bonds. The van der Waals surface area contributed by atoms with Gasteiger partial charge in [-0.2, -0.15) is 0 Å². The minimum absolute atomic E-state index is 0. The maximum atomic E-state index is 10.0. The van der Waals surface area contributed by atoms with E-state index in [1.165, 1.54) is 47.2 Å². The van der Waals surface area contributed by atoms with Crippen molar-refractivity contribution in [3.8, 4) is 0 Å². The molecule has 141 valence electrons. The van der Waals surface area contributed by atoms with Gasteiger partial charge in [-0.05, 0) is 41.9 Å². The van der Waals surface area contributed by atoms with Crippen LogP contribution in [0.4, 0.5) is 0 Å². The first-order valence-electron chi connectivity index (χ1n) is 8.76. The van der Waals surface area contributed by atoms with Crippen molar-refractivity contribution in [2.45, 2.75) is 13.8 Å². The number of carbonyl (C=O) groups is 1. The molecule has 0 atom stereocenters. The Morgan fingerprint density at radius 1 is 1.07 bits per heavy atom. The Balaban J connectivity index is 0.000000246. The average Bonchev–Trinajstić information content (AvgIpc) is 3.07. The Morgan fingerprint density at radius 2 is 1.89 bits per heavy atom. The molecule has 3 aromatic carbocycles. The molecule has 1 aliphatic carbocycles. The van der Waals surface area contributed by atoms with E-state index in [0.717, 1.165) is 16.4 Å². The fraction of sp³-hybridized carbons (Fsp3) is 0.0833. The van der Waals surface area contributed by atoms with E-state index in [9.17, 15) is 4.79 Å². The molecule has 0 bridgehead atoms. The Labute approximate surface area is 176 Å². The summed E-state index contributed by atoms with van der Waals surface area (Å²) in [6.45, 7) is 2.85. The van der Waals surface area contributed by atoms with Crippen LogP contribution in [0.3, 0.4) is 0 Å². The van der Waals surface area contributed by atoms with Gasteiger partial charge >= 0.3 is 0 Å². The summed E-state index contributed by atoms with van der Waals surface area (Å²) in [7, 11) is 0. The van der Waals surface area contributed by atoms with Crippen molar-refractivity contribution in [1.29, 1.82) is 0 Å². The van der Waals surface area contributed by atoms with Gasteiger partial charge in [0.15, 0.2) is 5.78 Å². The molecule has 1 aliphatic rings. The fourth-order valence-corrected chi connectivity index (χ4v) is 3.49. The van der Waals surface area contributed by atoms with Crippen LogP contribution in [0.5, 0.6) is 0 Å². The van der Waals surface area contributed by atoms with E-state index in [-0.39, 0.29) is 31.6 Å². The molecule has 0 fully saturated rings. The quantitative estimate of drug-likeness (QED) is 0.0946. The normalized spacial score (nSPS) is 12.0. The minimum Gasteiger partial charge on any atom is -0.512 e. The Bertz CT molecular complexity index is 1270. The summed E-state index contributed by atoms with van der Waals surface area (Å²) in [4.78, 5) is 14.9. The Morgan fingerprint density at radius 3 is 2.61 bits per heavy atom. The fourth-order valence-electron chi connectivity index (χ4n) is 3.49. The zero-order valence-electron chi connectivity index (χ0n) is 15.5. The van der Waals surface area contributed by atoms with Gasteiger partial charge in [0.25, 0.3) is 0 Å². The van der Waals surface area contributed by atoms with E-state index in [0.29, 0.717) is 0 Å². The largest absolute Gasteiger partial charge is 0.512 e. The number of rotatable bonds is 1. The molecule has 5 rings (SSSR count). The first kappa shape index (κ1) is 19.9. The number of ketones is 1. The third-order valence-corrected chi connectivity index (χ3v) is 4.52. The van der Waals surface area contributed by atoms with Crippen molar-refractivity contribution in [1.82, 2.24) is 4.98 Å². The molecule has 0 unspecified atom stereocenters. The van der Waals surface area contributed by atoms with Crippen LogP contribution in [0.15, 0.2) is 60.4 Å². The van der Waals surface area contributed by atoms with Crippen molar-refractivity contribution in [2.24, 2.45) is 0 Å². The molecule has 0 saturated heterocycles. The second-order valence-electron chi connectivity index (χ2n) is 6.59. The van der Waals surface area contributed by atoms with Gasteiger partial charge in [0.05, 0.1) is 11.3 Å². The smallest absolute Gasteiger partial charge is 0.155 e. The van der Waals surface area contributed by atoms with Crippen molar-refractivity contribution in [3.63, 3.8) is 0 Å². The number of fused-ring (bicyclic) bond motifs is 4. The SMILES string of the molecule is CC(=O)C=C(C)O.[Ir].[c-]1cccc2ccc3c4c5c(cccc5nc3c12)C=C4. The Hall–Kier alpha value is -2.81. The predicted octanol–water partition coefficient (Wildman–Crippen LogP) is 5.86. The van der Waals surface area contributed by atoms with E-state index in [1.807, 2.05) is 12.1 Å². The summed E-state index contributed by atoms with van der Waals surface area (Å²) in [5, 5.41) is 13.2. The summed E-state index contributed by atoms with van der Waals surface area (Å²) < 4.78 is 0. The van der Waals surface area contributed by atoms with Gasteiger partial charge in [0, 0.05) is 31.6 Å². The number of nitrogens with zero attached hydrogens (tertiary/aromatic N) is 1. The maximum absolute atomic E-state index is 10.0. The van der Waals surface area contributed by atoms with E-state index >= 15 is 0 Å². The number of aromatic nitrogens is 1. The van der Waals surface area contributed by atoms with E-state index in [1.54, 1.807) is 0 Å². The van der Waals surface area contributed by atoms with Crippen LogP contribution < -0.4 is 0 Å².